The maximum Gasteiger partial charge on any atom is 0.134 e. The predicted octanol–water partition coefficient (Wildman–Crippen LogP) is 3.58. The molecule has 5 heteroatoms. The Morgan fingerprint density at radius 1 is 1.30 bits per heavy atom. The molecule has 0 N–H and O–H groups in total. The van der Waals surface area contributed by atoms with Crippen LogP contribution < -0.4 is 0 Å². The number of oxime groups is 1. The first kappa shape index (κ1) is 15.9. The van der Waals surface area contributed by atoms with E-state index in [1.165, 1.54) is 19.3 Å². The van der Waals surface area contributed by atoms with Crippen LogP contribution in [0.25, 0.3) is 0 Å². The van der Waals surface area contributed by atoms with Crippen molar-refractivity contribution < 1.29 is 4.84 Å². The van der Waals surface area contributed by atoms with Crippen molar-refractivity contribution in [3.63, 3.8) is 0 Å². The Kier molecular flexibility index (Phi) is 6.91. The van der Waals surface area contributed by atoms with Gasteiger partial charge in [-0.25, -0.2) is 0 Å². The molecular formula is C15H22Cl2N2O. The highest BCUT2D eigenvalue weighted by Gasteiger charge is 2.15. The topological polar surface area (TPSA) is 24.8 Å². The van der Waals surface area contributed by atoms with Crippen LogP contribution in [0.3, 0.4) is 0 Å². The minimum atomic E-state index is -0.00643. The zero-order chi connectivity index (χ0) is 14.2. The third kappa shape index (κ3) is 5.47. The first-order chi connectivity index (χ1) is 9.78. The van der Waals surface area contributed by atoms with Gasteiger partial charge in [0, 0.05) is 18.8 Å². The Labute approximate surface area is 131 Å². The third-order valence-electron chi connectivity index (χ3n) is 3.54. The summed E-state index contributed by atoms with van der Waals surface area (Å²) in [6.07, 6.45) is 10.6. The maximum atomic E-state index is 6.30. The summed E-state index contributed by atoms with van der Waals surface area (Å²) in [5.41, 5.74) is 2.07. The zero-order valence-electron chi connectivity index (χ0n) is 11.7. The number of rotatable bonds is 6. The lowest BCUT2D eigenvalue weighted by Gasteiger charge is -2.27. The molecule has 0 spiro atoms. The summed E-state index contributed by atoms with van der Waals surface area (Å²) in [6.45, 7) is 3.65. The molecule has 3 nitrogen and oxygen atoms in total. The Morgan fingerprint density at radius 2 is 2.10 bits per heavy atom. The fourth-order valence-electron chi connectivity index (χ4n) is 2.48. The Balaban J connectivity index is 1.67. The van der Waals surface area contributed by atoms with Crippen molar-refractivity contribution in [2.45, 2.75) is 31.1 Å². The molecule has 0 aromatic rings. The fraction of sp³-hybridized carbons (Fsp3) is 0.667. The quantitative estimate of drug-likeness (QED) is 0.552. The third-order valence-corrected chi connectivity index (χ3v) is 4.15. The monoisotopic (exact) mass is 316 g/mol. The molecule has 1 unspecified atom stereocenters. The number of halogens is 2. The van der Waals surface area contributed by atoms with Crippen LogP contribution >= 0.6 is 23.2 Å². The van der Waals surface area contributed by atoms with E-state index in [9.17, 15) is 0 Å². The standard InChI is InChI=1S/C15H22Cl2N2O/c16-10-13-5-4-6-15(9-13)18-20-12-14(17)11-19-7-2-1-3-8-19/h4-6,14H,1-3,7-12H2. The Morgan fingerprint density at radius 3 is 2.85 bits per heavy atom. The van der Waals surface area contributed by atoms with Gasteiger partial charge < -0.3 is 9.74 Å². The molecule has 1 atom stereocenters. The summed E-state index contributed by atoms with van der Waals surface area (Å²) in [5.74, 6) is 0.538. The van der Waals surface area contributed by atoms with E-state index in [1.807, 2.05) is 18.2 Å². The molecular weight excluding hydrogens is 295 g/mol. The van der Waals surface area contributed by atoms with Gasteiger partial charge in [-0.3, -0.25) is 0 Å². The number of nitrogens with zero attached hydrogens (tertiary/aromatic N) is 2. The highest BCUT2D eigenvalue weighted by Crippen LogP contribution is 2.13. The van der Waals surface area contributed by atoms with Crippen LogP contribution in [0.15, 0.2) is 29.0 Å². The highest BCUT2D eigenvalue weighted by atomic mass is 35.5. The van der Waals surface area contributed by atoms with Gasteiger partial charge in [0.1, 0.15) is 6.61 Å². The fourth-order valence-corrected chi connectivity index (χ4v) is 2.91. The van der Waals surface area contributed by atoms with E-state index in [0.29, 0.717) is 12.5 Å². The highest BCUT2D eigenvalue weighted by molar-refractivity contribution is 6.21. The largest absolute Gasteiger partial charge is 0.394 e. The molecule has 1 heterocycles. The first-order valence-corrected chi connectivity index (χ1v) is 8.22. The molecule has 0 saturated carbocycles. The Bertz CT molecular complexity index is 387. The van der Waals surface area contributed by atoms with Crippen molar-refractivity contribution in [2.75, 3.05) is 32.1 Å². The number of likely N-dealkylation sites (tertiary alicyclic amines) is 1. The summed E-state index contributed by atoms with van der Waals surface area (Å²) in [4.78, 5) is 7.79. The predicted molar refractivity (Wildman–Crippen MR) is 85.9 cm³/mol. The maximum absolute atomic E-state index is 6.30. The van der Waals surface area contributed by atoms with E-state index < -0.39 is 0 Å². The van der Waals surface area contributed by atoms with Crippen molar-refractivity contribution in [1.29, 1.82) is 0 Å². The first-order valence-electron chi connectivity index (χ1n) is 7.25. The van der Waals surface area contributed by atoms with Crippen molar-refractivity contribution in [3.05, 3.63) is 23.8 Å². The van der Waals surface area contributed by atoms with Crippen LogP contribution in [0.2, 0.25) is 0 Å². The molecule has 0 bridgehead atoms. The van der Waals surface area contributed by atoms with Crippen molar-refractivity contribution >= 4 is 28.9 Å². The molecule has 20 heavy (non-hydrogen) atoms. The van der Waals surface area contributed by atoms with Crippen LogP contribution in [0, 0.1) is 0 Å². The number of alkyl halides is 2. The molecule has 112 valence electrons. The molecule has 1 aliphatic heterocycles. The van der Waals surface area contributed by atoms with Crippen LogP contribution in [0.5, 0.6) is 0 Å². The van der Waals surface area contributed by atoms with Gasteiger partial charge in [0.05, 0.1) is 11.1 Å². The van der Waals surface area contributed by atoms with Gasteiger partial charge >= 0.3 is 0 Å². The molecule has 2 rings (SSSR count). The lowest BCUT2D eigenvalue weighted by molar-refractivity contribution is 0.127. The number of hydrogen-bond acceptors (Lipinski definition) is 3. The smallest absolute Gasteiger partial charge is 0.134 e. The second kappa shape index (κ2) is 8.71. The van der Waals surface area contributed by atoms with Crippen LogP contribution in [0.1, 0.15) is 25.7 Å². The molecule has 1 fully saturated rings. The van der Waals surface area contributed by atoms with Gasteiger partial charge in [-0.05, 0) is 37.6 Å². The summed E-state index contributed by atoms with van der Waals surface area (Å²) in [5, 5.41) is 4.14. The normalized spacial score (nSPS) is 23.7. The molecule has 0 radical (unpaired) electrons. The number of piperidine rings is 1. The lowest BCUT2D eigenvalue weighted by Crippen LogP contribution is -2.35. The van der Waals surface area contributed by atoms with Crippen molar-refractivity contribution in [1.82, 2.24) is 4.90 Å². The van der Waals surface area contributed by atoms with E-state index in [2.05, 4.69) is 10.1 Å². The van der Waals surface area contributed by atoms with Gasteiger partial charge in [0.15, 0.2) is 0 Å². The second-order valence-electron chi connectivity index (χ2n) is 5.33. The summed E-state index contributed by atoms with van der Waals surface area (Å²) < 4.78 is 0. The number of hydrogen-bond donors (Lipinski definition) is 0. The van der Waals surface area contributed by atoms with Crippen LogP contribution in [0.4, 0.5) is 0 Å². The van der Waals surface area contributed by atoms with Crippen molar-refractivity contribution in [2.24, 2.45) is 5.16 Å². The van der Waals surface area contributed by atoms with Crippen LogP contribution in [-0.2, 0) is 4.84 Å². The second-order valence-corrected chi connectivity index (χ2v) is 6.22. The average Bonchev–Trinajstić information content (AvgIpc) is 2.48. The average molecular weight is 317 g/mol. The minimum absolute atomic E-state index is 0.00643. The lowest BCUT2D eigenvalue weighted by atomic mass is 10.1. The van der Waals surface area contributed by atoms with Gasteiger partial charge in [-0.2, -0.15) is 0 Å². The molecule has 1 saturated heterocycles. The molecule has 2 aliphatic rings. The van der Waals surface area contributed by atoms with Gasteiger partial charge in [0.2, 0.25) is 0 Å². The van der Waals surface area contributed by atoms with E-state index in [0.717, 1.165) is 37.3 Å². The van der Waals surface area contributed by atoms with Crippen LogP contribution in [-0.4, -0.2) is 48.1 Å². The summed E-state index contributed by atoms with van der Waals surface area (Å²) >= 11 is 12.1. The molecule has 0 aromatic carbocycles. The molecule has 1 aliphatic carbocycles. The van der Waals surface area contributed by atoms with Crippen molar-refractivity contribution in [3.8, 4) is 0 Å². The SMILES string of the molecule is ClCC1=CC=CC(=NOCC(Cl)CN2CCCCC2)C1. The molecule has 0 amide bonds. The van der Waals surface area contributed by atoms with Gasteiger partial charge in [-0.15, -0.1) is 23.2 Å². The Hall–Kier alpha value is -0.510. The van der Waals surface area contributed by atoms with E-state index in [1.54, 1.807) is 0 Å². The van der Waals surface area contributed by atoms with E-state index >= 15 is 0 Å². The van der Waals surface area contributed by atoms with Gasteiger partial charge in [0.25, 0.3) is 0 Å². The number of allylic oxidation sites excluding steroid dienone is 4. The van der Waals surface area contributed by atoms with E-state index in [-0.39, 0.29) is 5.38 Å². The van der Waals surface area contributed by atoms with E-state index in [4.69, 9.17) is 28.0 Å². The molecule has 0 aromatic heterocycles. The zero-order valence-corrected chi connectivity index (χ0v) is 13.2. The summed E-state index contributed by atoms with van der Waals surface area (Å²) in [7, 11) is 0. The minimum Gasteiger partial charge on any atom is -0.394 e. The summed E-state index contributed by atoms with van der Waals surface area (Å²) in [6, 6.07) is 0. The van der Waals surface area contributed by atoms with Gasteiger partial charge in [-0.1, -0.05) is 23.7 Å².